The molecule has 21 heavy (non-hydrogen) atoms. The number of benzene rings is 2. The Hall–Kier alpha value is -2.29. The number of carbonyl (C=O) groups is 1. The lowest BCUT2D eigenvalue weighted by Crippen LogP contribution is -2.15. The normalized spacial score (nSPS) is 11.7. The molecule has 2 N–H and O–H groups in total. The van der Waals surface area contributed by atoms with E-state index in [1.807, 2.05) is 42.5 Å². The quantitative estimate of drug-likeness (QED) is 0.816. The van der Waals surface area contributed by atoms with Crippen LogP contribution in [0, 0.1) is 0 Å². The van der Waals surface area contributed by atoms with Crippen molar-refractivity contribution in [2.24, 2.45) is 0 Å². The van der Waals surface area contributed by atoms with E-state index in [-0.39, 0.29) is 5.91 Å². The maximum absolute atomic E-state index is 12.1. The van der Waals surface area contributed by atoms with Crippen molar-refractivity contribution in [3.8, 4) is 0 Å². The minimum atomic E-state index is -0.0886. The third kappa shape index (κ3) is 4.63. The van der Waals surface area contributed by atoms with Crippen molar-refractivity contribution >= 4 is 17.3 Å². The van der Waals surface area contributed by atoms with Gasteiger partial charge < -0.3 is 10.6 Å². The highest BCUT2D eigenvalue weighted by Crippen LogP contribution is 2.17. The topological polar surface area (TPSA) is 41.1 Å². The van der Waals surface area contributed by atoms with E-state index in [1.165, 1.54) is 0 Å². The minimum absolute atomic E-state index is 0.0886. The lowest BCUT2D eigenvalue weighted by molar-refractivity contribution is 0.102. The first-order valence-electron chi connectivity index (χ1n) is 7.42. The number of carbonyl (C=O) groups excluding carboxylic acids is 1. The molecule has 1 atom stereocenters. The zero-order valence-corrected chi connectivity index (χ0v) is 12.6. The maximum Gasteiger partial charge on any atom is 0.255 e. The van der Waals surface area contributed by atoms with Crippen molar-refractivity contribution in [2.75, 3.05) is 10.6 Å². The highest BCUT2D eigenvalue weighted by molar-refractivity contribution is 6.04. The molecule has 2 aromatic carbocycles. The Labute approximate surface area is 126 Å². The fourth-order valence-electron chi connectivity index (χ4n) is 2.27. The molecule has 0 aliphatic carbocycles. The molecule has 1 amide bonds. The molecule has 3 nitrogen and oxygen atoms in total. The van der Waals surface area contributed by atoms with Gasteiger partial charge in [0.1, 0.15) is 0 Å². The van der Waals surface area contributed by atoms with Crippen LogP contribution >= 0.6 is 0 Å². The Bertz CT molecular complexity index is 581. The van der Waals surface area contributed by atoms with E-state index in [2.05, 4.69) is 24.5 Å². The SMILES string of the molecule is CCCC(C)Nc1cccc(NC(=O)c2ccccc2)c1. The molecular formula is C18H22N2O. The van der Waals surface area contributed by atoms with E-state index in [4.69, 9.17) is 0 Å². The fourth-order valence-corrected chi connectivity index (χ4v) is 2.27. The second-order valence-corrected chi connectivity index (χ2v) is 5.24. The van der Waals surface area contributed by atoms with Crippen LogP contribution in [0.3, 0.4) is 0 Å². The van der Waals surface area contributed by atoms with Crippen molar-refractivity contribution in [3.63, 3.8) is 0 Å². The molecule has 0 aliphatic rings. The van der Waals surface area contributed by atoms with Gasteiger partial charge in [0.2, 0.25) is 0 Å². The van der Waals surface area contributed by atoms with E-state index in [0.29, 0.717) is 11.6 Å². The van der Waals surface area contributed by atoms with Gasteiger partial charge in [0.15, 0.2) is 0 Å². The van der Waals surface area contributed by atoms with Crippen LogP contribution < -0.4 is 10.6 Å². The summed E-state index contributed by atoms with van der Waals surface area (Å²) in [6, 6.07) is 17.5. The number of amides is 1. The number of hydrogen-bond acceptors (Lipinski definition) is 2. The van der Waals surface area contributed by atoms with E-state index < -0.39 is 0 Å². The standard InChI is InChI=1S/C18H22N2O/c1-3-8-14(2)19-16-11-7-12-17(13-16)20-18(21)15-9-5-4-6-10-15/h4-7,9-14,19H,3,8H2,1-2H3,(H,20,21). The molecular weight excluding hydrogens is 260 g/mol. The van der Waals surface area contributed by atoms with Crippen LogP contribution in [0.1, 0.15) is 37.0 Å². The van der Waals surface area contributed by atoms with Crippen LogP contribution in [0.5, 0.6) is 0 Å². The van der Waals surface area contributed by atoms with Gasteiger partial charge in [-0.25, -0.2) is 0 Å². The highest BCUT2D eigenvalue weighted by Gasteiger charge is 2.06. The zero-order valence-electron chi connectivity index (χ0n) is 12.6. The maximum atomic E-state index is 12.1. The molecule has 0 aliphatic heterocycles. The number of anilines is 2. The van der Waals surface area contributed by atoms with Gasteiger partial charge in [-0.05, 0) is 43.7 Å². The van der Waals surface area contributed by atoms with Crippen molar-refractivity contribution in [1.29, 1.82) is 0 Å². The van der Waals surface area contributed by atoms with Gasteiger partial charge in [-0.15, -0.1) is 0 Å². The summed E-state index contributed by atoms with van der Waals surface area (Å²) in [7, 11) is 0. The van der Waals surface area contributed by atoms with Crippen molar-refractivity contribution < 1.29 is 4.79 Å². The van der Waals surface area contributed by atoms with E-state index in [0.717, 1.165) is 24.2 Å². The van der Waals surface area contributed by atoms with Gasteiger partial charge in [0.05, 0.1) is 0 Å². The first-order chi connectivity index (χ1) is 10.2. The zero-order chi connectivity index (χ0) is 15.1. The van der Waals surface area contributed by atoms with Gasteiger partial charge in [0.25, 0.3) is 5.91 Å². The van der Waals surface area contributed by atoms with E-state index >= 15 is 0 Å². The Morgan fingerprint density at radius 1 is 1.05 bits per heavy atom. The van der Waals surface area contributed by atoms with Crippen LogP contribution in [0.15, 0.2) is 54.6 Å². The van der Waals surface area contributed by atoms with Crippen LogP contribution in [-0.2, 0) is 0 Å². The molecule has 0 spiro atoms. The van der Waals surface area contributed by atoms with Crippen LogP contribution in [0.25, 0.3) is 0 Å². The lowest BCUT2D eigenvalue weighted by atomic mass is 10.1. The molecule has 0 bridgehead atoms. The summed E-state index contributed by atoms with van der Waals surface area (Å²) in [6.07, 6.45) is 2.28. The van der Waals surface area contributed by atoms with Gasteiger partial charge >= 0.3 is 0 Å². The summed E-state index contributed by atoms with van der Waals surface area (Å²) in [4.78, 5) is 12.1. The predicted molar refractivity (Wildman–Crippen MR) is 88.8 cm³/mol. The number of nitrogens with one attached hydrogen (secondary N) is 2. The molecule has 0 saturated carbocycles. The summed E-state index contributed by atoms with van der Waals surface area (Å²) in [5, 5.41) is 6.37. The second kappa shape index (κ2) is 7.48. The molecule has 0 saturated heterocycles. The van der Waals surface area contributed by atoms with E-state index in [9.17, 15) is 4.79 Å². The molecule has 0 radical (unpaired) electrons. The summed E-state index contributed by atoms with van der Waals surface area (Å²) in [6.45, 7) is 4.34. The molecule has 0 heterocycles. The average molecular weight is 282 g/mol. The molecule has 3 heteroatoms. The minimum Gasteiger partial charge on any atom is -0.383 e. The van der Waals surface area contributed by atoms with Crippen molar-refractivity contribution in [2.45, 2.75) is 32.7 Å². The summed E-state index contributed by atoms with van der Waals surface area (Å²) < 4.78 is 0. The van der Waals surface area contributed by atoms with Crippen molar-refractivity contribution in [3.05, 3.63) is 60.2 Å². The third-order valence-corrected chi connectivity index (χ3v) is 3.29. The average Bonchev–Trinajstić information content (AvgIpc) is 2.48. The smallest absolute Gasteiger partial charge is 0.255 e. The molecule has 1 unspecified atom stereocenters. The van der Waals surface area contributed by atoms with E-state index in [1.54, 1.807) is 12.1 Å². The predicted octanol–water partition coefficient (Wildman–Crippen LogP) is 4.54. The van der Waals surface area contributed by atoms with Crippen LogP contribution in [-0.4, -0.2) is 11.9 Å². The van der Waals surface area contributed by atoms with Gasteiger partial charge in [-0.3, -0.25) is 4.79 Å². The fraction of sp³-hybridized carbons (Fsp3) is 0.278. The molecule has 0 fully saturated rings. The van der Waals surface area contributed by atoms with Gasteiger partial charge in [-0.1, -0.05) is 37.6 Å². The Morgan fingerprint density at radius 3 is 2.48 bits per heavy atom. The first kappa shape index (κ1) is 15.1. The second-order valence-electron chi connectivity index (χ2n) is 5.24. The summed E-state index contributed by atoms with van der Waals surface area (Å²) >= 11 is 0. The van der Waals surface area contributed by atoms with Gasteiger partial charge in [0, 0.05) is 23.0 Å². The molecule has 2 rings (SSSR count). The Kier molecular flexibility index (Phi) is 5.38. The lowest BCUT2D eigenvalue weighted by Gasteiger charge is -2.15. The first-order valence-corrected chi connectivity index (χ1v) is 7.42. The largest absolute Gasteiger partial charge is 0.383 e. The molecule has 2 aromatic rings. The highest BCUT2D eigenvalue weighted by atomic mass is 16.1. The molecule has 0 aromatic heterocycles. The van der Waals surface area contributed by atoms with Gasteiger partial charge in [-0.2, -0.15) is 0 Å². The Balaban J connectivity index is 2.02. The Morgan fingerprint density at radius 2 is 1.76 bits per heavy atom. The monoisotopic (exact) mass is 282 g/mol. The summed E-state index contributed by atoms with van der Waals surface area (Å²) in [5.41, 5.74) is 2.49. The van der Waals surface area contributed by atoms with Crippen LogP contribution in [0.4, 0.5) is 11.4 Å². The van der Waals surface area contributed by atoms with Crippen LogP contribution in [0.2, 0.25) is 0 Å². The molecule has 110 valence electrons. The third-order valence-electron chi connectivity index (χ3n) is 3.29. The summed E-state index contributed by atoms with van der Waals surface area (Å²) in [5.74, 6) is -0.0886. The van der Waals surface area contributed by atoms with Crippen molar-refractivity contribution in [1.82, 2.24) is 0 Å². The number of hydrogen-bond donors (Lipinski definition) is 2. The number of rotatable bonds is 6.